The summed E-state index contributed by atoms with van der Waals surface area (Å²) in [7, 11) is -2.72. The standard InChI is InChI=1S/C31H38N2O2Si/c1-23-12-11-13-24(32-23)22-31(34)21-20-27-28(31)18-19-29(27)33-35-36(30(2,3)4,25-14-7-5-8-15-25)26-16-9-6-10-17-26/h5-17,27-28,34H,18-22H2,1-4H3/b33-29+/t27-,28-,31-/m0/s1. The molecule has 0 aliphatic heterocycles. The van der Waals surface area contributed by atoms with Crippen LogP contribution in [0.5, 0.6) is 0 Å². The number of pyridine rings is 1. The molecule has 0 radical (unpaired) electrons. The summed E-state index contributed by atoms with van der Waals surface area (Å²) in [6, 6.07) is 27.4. The van der Waals surface area contributed by atoms with Crippen LogP contribution >= 0.6 is 0 Å². The first-order valence-electron chi connectivity index (χ1n) is 13.2. The predicted octanol–water partition coefficient (Wildman–Crippen LogP) is 5.42. The van der Waals surface area contributed by atoms with E-state index in [0.29, 0.717) is 6.42 Å². The van der Waals surface area contributed by atoms with Crippen molar-refractivity contribution in [1.29, 1.82) is 0 Å². The molecule has 2 aliphatic rings. The van der Waals surface area contributed by atoms with E-state index in [-0.39, 0.29) is 16.9 Å². The largest absolute Gasteiger partial charge is 0.443 e. The number of aryl methyl sites for hydroxylation is 1. The number of aliphatic hydroxyl groups is 1. The third-order valence-electron chi connectivity index (χ3n) is 8.35. The Labute approximate surface area is 216 Å². The normalized spacial score (nSPS) is 25.2. The average Bonchev–Trinajstić information content (AvgIpc) is 3.41. The number of hydrogen-bond acceptors (Lipinski definition) is 4. The second kappa shape index (κ2) is 9.60. The van der Waals surface area contributed by atoms with Crippen molar-refractivity contribution in [2.24, 2.45) is 17.0 Å². The van der Waals surface area contributed by atoms with E-state index in [0.717, 1.165) is 42.8 Å². The number of aromatic nitrogens is 1. The molecule has 36 heavy (non-hydrogen) atoms. The van der Waals surface area contributed by atoms with Crippen LogP contribution in [0.25, 0.3) is 0 Å². The molecule has 3 aromatic rings. The first-order chi connectivity index (χ1) is 17.2. The summed E-state index contributed by atoms with van der Waals surface area (Å²) in [5, 5.41) is 19.1. The molecule has 3 atom stereocenters. The van der Waals surface area contributed by atoms with Gasteiger partial charge in [-0.05, 0) is 61.0 Å². The van der Waals surface area contributed by atoms with Crippen LogP contribution in [0.3, 0.4) is 0 Å². The third kappa shape index (κ3) is 4.44. The van der Waals surface area contributed by atoms with Crippen molar-refractivity contribution < 1.29 is 9.63 Å². The molecule has 0 amide bonds. The van der Waals surface area contributed by atoms with Crippen LogP contribution in [-0.2, 0) is 10.9 Å². The van der Waals surface area contributed by atoms with Crippen molar-refractivity contribution in [3.8, 4) is 0 Å². The Morgan fingerprint density at radius 1 is 0.944 bits per heavy atom. The van der Waals surface area contributed by atoms with Gasteiger partial charge in [-0.1, -0.05) is 87.5 Å². The van der Waals surface area contributed by atoms with E-state index in [1.807, 2.05) is 25.1 Å². The highest BCUT2D eigenvalue weighted by Gasteiger charge is 2.55. The van der Waals surface area contributed by atoms with Gasteiger partial charge in [-0.2, -0.15) is 0 Å². The number of rotatable bonds is 6. The first kappa shape index (κ1) is 24.9. The lowest BCUT2D eigenvalue weighted by atomic mass is 9.84. The maximum atomic E-state index is 11.7. The van der Waals surface area contributed by atoms with Crippen molar-refractivity contribution in [3.05, 3.63) is 90.3 Å². The Morgan fingerprint density at radius 3 is 2.17 bits per heavy atom. The first-order valence-corrected chi connectivity index (χ1v) is 15.1. The van der Waals surface area contributed by atoms with E-state index in [1.165, 1.54) is 10.4 Å². The van der Waals surface area contributed by atoms with Crippen molar-refractivity contribution in [2.75, 3.05) is 0 Å². The molecular weight excluding hydrogens is 460 g/mol. The summed E-state index contributed by atoms with van der Waals surface area (Å²) in [4.78, 5) is 4.67. The summed E-state index contributed by atoms with van der Waals surface area (Å²) in [6.45, 7) is 8.84. The fourth-order valence-electron chi connectivity index (χ4n) is 6.62. The molecule has 2 aromatic carbocycles. The number of oxime groups is 1. The summed E-state index contributed by atoms with van der Waals surface area (Å²) >= 11 is 0. The Bertz CT molecular complexity index is 1180. The molecule has 0 unspecified atom stereocenters. The molecule has 2 aliphatic carbocycles. The minimum atomic E-state index is -2.72. The van der Waals surface area contributed by atoms with Crippen LogP contribution in [0.4, 0.5) is 0 Å². The van der Waals surface area contributed by atoms with Crippen LogP contribution in [0.15, 0.2) is 84.0 Å². The Hall–Kier alpha value is -2.76. The van der Waals surface area contributed by atoms with Crippen LogP contribution in [-0.4, -0.2) is 29.7 Å². The van der Waals surface area contributed by atoms with Gasteiger partial charge in [0.1, 0.15) is 0 Å². The molecule has 2 saturated carbocycles. The van der Waals surface area contributed by atoms with Gasteiger partial charge in [0.2, 0.25) is 0 Å². The second-order valence-corrected chi connectivity index (χ2v) is 15.9. The maximum Gasteiger partial charge on any atom is 0.354 e. The highest BCUT2D eigenvalue weighted by molar-refractivity contribution is 6.99. The Morgan fingerprint density at radius 2 is 1.58 bits per heavy atom. The summed E-state index contributed by atoms with van der Waals surface area (Å²) < 4.78 is 6.89. The van der Waals surface area contributed by atoms with Gasteiger partial charge >= 0.3 is 8.32 Å². The molecule has 5 rings (SSSR count). The summed E-state index contributed by atoms with van der Waals surface area (Å²) in [6.07, 6.45) is 4.19. The van der Waals surface area contributed by atoms with Gasteiger partial charge in [0, 0.05) is 28.8 Å². The molecule has 4 nitrogen and oxygen atoms in total. The summed E-state index contributed by atoms with van der Waals surface area (Å²) in [5.74, 6) is 0.486. The molecule has 0 bridgehead atoms. The lowest BCUT2D eigenvalue weighted by molar-refractivity contribution is -0.00119. The van der Waals surface area contributed by atoms with Crippen LogP contribution in [0, 0.1) is 18.8 Å². The fraction of sp³-hybridized carbons (Fsp3) is 0.419. The molecule has 0 spiro atoms. The highest BCUT2D eigenvalue weighted by atomic mass is 28.4. The van der Waals surface area contributed by atoms with E-state index in [1.54, 1.807) is 0 Å². The zero-order chi connectivity index (χ0) is 25.4. The topological polar surface area (TPSA) is 54.7 Å². The number of hydrogen-bond donors (Lipinski definition) is 1. The quantitative estimate of drug-likeness (QED) is 0.365. The van der Waals surface area contributed by atoms with Crippen LogP contribution < -0.4 is 10.4 Å². The van der Waals surface area contributed by atoms with E-state index < -0.39 is 13.9 Å². The maximum absolute atomic E-state index is 11.7. The van der Waals surface area contributed by atoms with Gasteiger partial charge in [-0.3, -0.25) is 4.98 Å². The van der Waals surface area contributed by atoms with E-state index >= 15 is 0 Å². The zero-order valence-corrected chi connectivity index (χ0v) is 22.9. The van der Waals surface area contributed by atoms with E-state index in [9.17, 15) is 5.11 Å². The lowest BCUT2D eigenvalue weighted by Crippen LogP contribution is -2.65. The number of fused-ring (bicyclic) bond motifs is 1. The molecule has 1 N–H and O–H groups in total. The molecule has 1 heterocycles. The van der Waals surface area contributed by atoms with Crippen molar-refractivity contribution >= 4 is 24.4 Å². The van der Waals surface area contributed by atoms with Gasteiger partial charge < -0.3 is 9.63 Å². The zero-order valence-electron chi connectivity index (χ0n) is 21.9. The molecule has 188 valence electrons. The fourth-order valence-corrected chi connectivity index (χ4v) is 10.7. The Balaban J connectivity index is 1.46. The minimum absolute atomic E-state index is 0.120. The smallest absolute Gasteiger partial charge is 0.354 e. The molecule has 5 heteroatoms. The molecule has 2 fully saturated rings. The monoisotopic (exact) mass is 498 g/mol. The number of nitrogens with zero attached hydrogens (tertiary/aromatic N) is 2. The molecular formula is C31H38N2O2Si. The van der Waals surface area contributed by atoms with E-state index in [4.69, 9.17) is 9.68 Å². The van der Waals surface area contributed by atoms with Gasteiger partial charge in [0.25, 0.3) is 0 Å². The van der Waals surface area contributed by atoms with Gasteiger partial charge in [0.05, 0.1) is 11.3 Å². The lowest BCUT2D eigenvalue weighted by Gasteiger charge is -2.40. The predicted molar refractivity (Wildman–Crippen MR) is 149 cm³/mol. The van der Waals surface area contributed by atoms with Crippen molar-refractivity contribution in [2.45, 2.75) is 70.4 Å². The molecule has 1 aromatic heterocycles. The van der Waals surface area contributed by atoms with E-state index in [2.05, 4.69) is 86.4 Å². The Kier molecular flexibility index (Phi) is 6.64. The third-order valence-corrected chi connectivity index (χ3v) is 13.1. The van der Waals surface area contributed by atoms with Crippen molar-refractivity contribution in [1.82, 2.24) is 4.98 Å². The second-order valence-electron chi connectivity index (χ2n) is 11.7. The van der Waals surface area contributed by atoms with Crippen molar-refractivity contribution in [3.63, 3.8) is 0 Å². The van der Waals surface area contributed by atoms with Gasteiger partial charge in [-0.25, -0.2) is 0 Å². The molecule has 0 saturated heterocycles. The minimum Gasteiger partial charge on any atom is -0.443 e. The number of benzene rings is 2. The highest BCUT2D eigenvalue weighted by Crippen LogP contribution is 2.50. The average molecular weight is 499 g/mol. The van der Waals surface area contributed by atoms with Gasteiger partial charge in [0.15, 0.2) is 0 Å². The van der Waals surface area contributed by atoms with Gasteiger partial charge in [-0.15, -0.1) is 5.16 Å². The van der Waals surface area contributed by atoms with Crippen LogP contribution in [0.1, 0.15) is 57.8 Å². The SMILES string of the molecule is Cc1cccc(C[C@@]2(O)CC[C@@H]3/C(=N/O[Si](c4ccccc4)(c4ccccc4)C(C)(C)C)CC[C@@H]32)n1. The van der Waals surface area contributed by atoms with Crippen LogP contribution in [0.2, 0.25) is 5.04 Å². The summed E-state index contributed by atoms with van der Waals surface area (Å²) in [5.41, 5.74) is 2.38.